The lowest BCUT2D eigenvalue weighted by Crippen LogP contribution is -2.36. The van der Waals surface area contributed by atoms with Gasteiger partial charge in [0.2, 0.25) is 0 Å². The average molecular weight is 336 g/mol. The molecular formula is C10H8BrClF4O. The molecule has 0 atom stereocenters. The number of alkyl halides is 3. The minimum absolute atomic E-state index is 0.174. The molecule has 0 aromatic heterocycles. The maximum atomic E-state index is 13.4. The van der Waals surface area contributed by atoms with Gasteiger partial charge in [-0.15, -0.1) is 0 Å². The van der Waals surface area contributed by atoms with Crippen molar-refractivity contribution in [3.63, 3.8) is 0 Å². The summed E-state index contributed by atoms with van der Waals surface area (Å²) in [5.41, 5.74) is -2.75. The molecule has 0 bridgehead atoms. The molecule has 0 saturated carbocycles. The monoisotopic (exact) mass is 334 g/mol. The Bertz CT molecular complexity index is 457. The first-order valence-corrected chi connectivity index (χ1v) is 5.61. The molecule has 0 saturated heterocycles. The number of rotatable bonds is 1. The lowest BCUT2D eigenvalue weighted by atomic mass is 9.84. The summed E-state index contributed by atoms with van der Waals surface area (Å²) in [6.07, 6.45) is -4.58. The van der Waals surface area contributed by atoms with E-state index >= 15 is 0 Å². The van der Waals surface area contributed by atoms with E-state index in [-0.39, 0.29) is 4.47 Å². The van der Waals surface area contributed by atoms with Crippen LogP contribution in [0, 0.1) is 5.82 Å². The van der Waals surface area contributed by atoms with Crippen LogP contribution in [0.15, 0.2) is 10.5 Å². The van der Waals surface area contributed by atoms with E-state index in [2.05, 4.69) is 15.9 Å². The molecule has 0 fully saturated rings. The molecular weight excluding hydrogens is 327 g/mol. The van der Waals surface area contributed by atoms with Crippen molar-refractivity contribution in [2.45, 2.75) is 25.4 Å². The standard InChI is InChI=1S/C10H8BrClF4O/c1-9(2,10(14,15)16)4-3-5(11)8(17)7(13)6(4)12/h3,17H,1-2H3. The normalized spacial score (nSPS) is 12.9. The molecule has 0 aliphatic rings. The highest BCUT2D eigenvalue weighted by atomic mass is 79.9. The highest BCUT2D eigenvalue weighted by Gasteiger charge is 2.50. The molecule has 0 amide bonds. The maximum Gasteiger partial charge on any atom is 0.397 e. The molecule has 1 rings (SSSR count). The van der Waals surface area contributed by atoms with Crippen molar-refractivity contribution in [3.05, 3.63) is 26.9 Å². The van der Waals surface area contributed by atoms with Crippen LogP contribution in [0.5, 0.6) is 5.75 Å². The van der Waals surface area contributed by atoms with Gasteiger partial charge in [-0.05, 0) is 41.4 Å². The van der Waals surface area contributed by atoms with Crippen molar-refractivity contribution >= 4 is 27.5 Å². The van der Waals surface area contributed by atoms with Crippen LogP contribution in [-0.4, -0.2) is 11.3 Å². The number of halogens is 6. The largest absolute Gasteiger partial charge is 0.504 e. The first-order valence-electron chi connectivity index (χ1n) is 4.43. The van der Waals surface area contributed by atoms with Crippen LogP contribution in [0.4, 0.5) is 17.6 Å². The van der Waals surface area contributed by atoms with Crippen molar-refractivity contribution in [2.75, 3.05) is 0 Å². The van der Waals surface area contributed by atoms with Gasteiger partial charge in [0.25, 0.3) is 0 Å². The number of benzene rings is 1. The second-order valence-electron chi connectivity index (χ2n) is 4.01. The highest BCUT2D eigenvalue weighted by Crippen LogP contribution is 2.46. The SMILES string of the molecule is CC(C)(c1cc(Br)c(O)c(F)c1Cl)C(F)(F)F. The third-order valence-corrected chi connectivity index (χ3v) is 3.49. The van der Waals surface area contributed by atoms with Crippen LogP contribution < -0.4 is 0 Å². The van der Waals surface area contributed by atoms with Gasteiger partial charge in [-0.3, -0.25) is 0 Å². The molecule has 0 radical (unpaired) electrons. The molecule has 0 heterocycles. The molecule has 1 aromatic carbocycles. The van der Waals surface area contributed by atoms with Crippen molar-refractivity contribution in [3.8, 4) is 5.75 Å². The summed E-state index contributed by atoms with van der Waals surface area (Å²) < 4.78 is 51.6. The van der Waals surface area contributed by atoms with Gasteiger partial charge < -0.3 is 5.11 Å². The first kappa shape index (κ1) is 14.6. The van der Waals surface area contributed by atoms with E-state index in [0.29, 0.717) is 0 Å². The Morgan fingerprint density at radius 1 is 1.29 bits per heavy atom. The Morgan fingerprint density at radius 2 is 1.76 bits per heavy atom. The van der Waals surface area contributed by atoms with Crippen LogP contribution in [-0.2, 0) is 5.41 Å². The van der Waals surface area contributed by atoms with E-state index in [1.54, 1.807) is 0 Å². The average Bonchev–Trinajstić information content (AvgIpc) is 2.18. The highest BCUT2D eigenvalue weighted by molar-refractivity contribution is 9.10. The molecule has 17 heavy (non-hydrogen) atoms. The van der Waals surface area contributed by atoms with Gasteiger partial charge in [0.1, 0.15) is 0 Å². The maximum absolute atomic E-state index is 13.4. The number of phenolic OH excluding ortho intramolecular Hbond substituents is 1. The Balaban J connectivity index is 3.54. The topological polar surface area (TPSA) is 20.2 Å². The molecule has 1 aromatic rings. The van der Waals surface area contributed by atoms with Gasteiger partial charge in [-0.25, -0.2) is 4.39 Å². The second-order valence-corrected chi connectivity index (χ2v) is 5.24. The van der Waals surface area contributed by atoms with Crippen LogP contribution in [0.25, 0.3) is 0 Å². The van der Waals surface area contributed by atoms with Crippen LogP contribution in [0.1, 0.15) is 19.4 Å². The number of hydrogen-bond donors (Lipinski definition) is 1. The van der Waals surface area contributed by atoms with E-state index in [9.17, 15) is 22.7 Å². The molecule has 0 unspecified atom stereocenters. The van der Waals surface area contributed by atoms with Gasteiger partial charge >= 0.3 is 6.18 Å². The minimum Gasteiger partial charge on any atom is -0.504 e. The number of aromatic hydroxyl groups is 1. The Kier molecular flexibility index (Phi) is 3.70. The Hall–Kier alpha value is -0.490. The molecule has 1 N–H and O–H groups in total. The zero-order chi connectivity index (χ0) is 13.6. The molecule has 1 nitrogen and oxygen atoms in total. The summed E-state index contributed by atoms with van der Waals surface area (Å²) in [5.74, 6) is -2.08. The van der Waals surface area contributed by atoms with Crippen LogP contribution in [0.2, 0.25) is 5.02 Å². The van der Waals surface area contributed by atoms with E-state index < -0.39 is 33.7 Å². The summed E-state index contributed by atoms with van der Waals surface area (Å²) in [6, 6.07) is 0.967. The predicted molar refractivity (Wildman–Crippen MR) is 59.9 cm³/mol. The van der Waals surface area contributed by atoms with E-state index in [1.807, 2.05) is 0 Å². The van der Waals surface area contributed by atoms with Gasteiger partial charge in [0, 0.05) is 0 Å². The number of phenols is 1. The second kappa shape index (κ2) is 4.31. The smallest absolute Gasteiger partial charge is 0.397 e. The summed E-state index contributed by atoms with van der Waals surface area (Å²) in [5, 5.41) is 8.46. The minimum atomic E-state index is -4.58. The molecule has 96 valence electrons. The summed E-state index contributed by atoms with van der Waals surface area (Å²) in [4.78, 5) is 0. The van der Waals surface area contributed by atoms with Crippen molar-refractivity contribution in [1.82, 2.24) is 0 Å². The molecule has 7 heteroatoms. The zero-order valence-corrected chi connectivity index (χ0v) is 11.1. The van der Waals surface area contributed by atoms with Gasteiger partial charge in [-0.2, -0.15) is 13.2 Å². The lowest BCUT2D eigenvalue weighted by Gasteiger charge is -2.29. The molecule has 0 spiro atoms. The van der Waals surface area contributed by atoms with Crippen molar-refractivity contribution < 1.29 is 22.7 Å². The van der Waals surface area contributed by atoms with Gasteiger partial charge in [0.05, 0.1) is 14.9 Å². The Labute approximate surface area is 109 Å². The molecule has 0 aliphatic carbocycles. The summed E-state index contributed by atoms with van der Waals surface area (Å²) in [6.45, 7) is 1.77. The van der Waals surface area contributed by atoms with E-state index in [1.165, 1.54) is 0 Å². The third-order valence-electron chi connectivity index (χ3n) is 2.52. The van der Waals surface area contributed by atoms with Gasteiger partial charge in [0.15, 0.2) is 11.6 Å². The van der Waals surface area contributed by atoms with E-state index in [0.717, 1.165) is 19.9 Å². The van der Waals surface area contributed by atoms with Crippen LogP contribution >= 0.6 is 27.5 Å². The van der Waals surface area contributed by atoms with Crippen LogP contribution in [0.3, 0.4) is 0 Å². The fraction of sp³-hybridized carbons (Fsp3) is 0.400. The fourth-order valence-electron chi connectivity index (χ4n) is 1.19. The summed E-state index contributed by atoms with van der Waals surface area (Å²) in [7, 11) is 0. The zero-order valence-electron chi connectivity index (χ0n) is 8.79. The predicted octanol–water partition coefficient (Wildman–Crippen LogP) is 4.79. The lowest BCUT2D eigenvalue weighted by molar-refractivity contribution is -0.180. The fourth-order valence-corrected chi connectivity index (χ4v) is 1.98. The molecule has 0 aliphatic heterocycles. The third kappa shape index (κ3) is 2.38. The van der Waals surface area contributed by atoms with Crippen molar-refractivity contribution in [1.29, 1.82) is 0 Å². The van der Waals surface area contributed by atoms with E-state index in [4.69, 9.17) is 11.6 Å². The number of hydrogen-bond acceptors (Lipinski definition) is 1. The quantitative estimate of drug-likeness (QED) is 0.578. The Morgan fingerprint density at radius 3 is 2.18 bits per heavy atom. The first-order chi connectivity index (χ1) is 7.50. The summed E-state index contributed by atoms with van der Waals surface area (Å²) >= 11 is 8.28. The van der Waals surface area contributed by atoms with Gasteiger partial charge in [-0.1, -0.05) is 11.6 Å². The van der Waals surface area contributed by atoms with Crippen molar-refractivity contribution in [2.24, 2.45) is 0 Å².